The fraction of sp³-hybridized carbons (Fsp3) is 0.579. The van der Waals surface area contributed by atoms with Gasteiger partial charge in [-0.3, -0.25) is 4.90 Å². The van der Waals surface area contributed by atoms with Gasteiger partial charge in [0.05, 0.1) is 17.5 Å². The van der Waals surface area contributed by atoms with E-state index in [4.69, 9.17) is 27.9 Å². The molecule has 0 N–H and O–H groups in total. The van der Waals surface area contributed by atoms with E-state index in [0.29, 0.717) is 29.3 Å². The van der Waals surface area contributed by atoms with Gasteiger partial charge in [-0.05, 0) is 51.5 Å². The minimum Gasteiger partial charge on any atom is -0.444 e. The second kappa shape index (κ2) is 7.84. The smallest absolute Gasteiger partial charge is 0.410 e. The zero-order valence-electron chi connectivity index (χ0n) is 17.1. The van der Waals surface area contributed by atoms with Crippen LogP contribution in [0, 0.1) is 5.82 Å². The summed E-state index contributed by atoms with van der Waals surface area (Å²) in [5.74, 6) is -0.205. The Morgan fingerprint density at radius 2 is 1.80 bits per heavy atom. The third-order valence-corrected chi connectivity index (χ3v) is 6.35. The SMILES string of the molecule is CSc1nc(Cl)c(F)c2nc(Cl)nc(N3CC4CCC(C3)N4C(=O)OC(C)(C)C)c12. The third-order valence-electron chi connectivity index (χ3n) is 5.24. The number of piperazine rings is 1. The first kappa shape index (κ1) is 21.6. The molecule has 2 aliphatic rings. The summed E-state index contributed by atoms with van der Waals surface area (Å²) in [6, 6.07) is -0.0459. The first-order chi connectivity index (χ1) is 14.1. The molecule has 0 saturated carbocycles. The lowest BCUT2D eigenvalue weighted by molar-refractivity contribution is 0.0123. The van der Waals surface area contributed by atoms with Crippen molar-refractivity contribution >= 4 is 57.8 Å². The van der Waals surface area contributed by atoms with Crippen molar-refractivity contribution in [2.45, 2.75) is 56.3 Å². The van der Waals surface area contributed by atoms with Gasteiger partial charge in [-0.15, -0.1) is 11.8 Å². The summed E-state index contributed by atoms with van der Waals surface area (Å²) in [6.07, 6.45) is 3.26. The molecular weight excluding hydrogens is 452 g/mol. The molecule has 1 amide bonds. The Hall–Kier alpha value is -1.58. The number of thioether (sulfide) groups is 1. The molecule has 4 rings (SSSR count). The van der Waals surface area contributed by atoms with Crippen LogP contribution in [0.25, 0.3) is 10.9 Å². The van der Waals surface area contributed by atoms with Crippen molar-refractivity contribution in [3.8, 4) is 0 Å². The Kier molecular flexibility index (Phi) is 5.65. The number of rotatable bonds is 2. The zero-order chi connectivity index (χ0) is 21.8. The van der Waals surface area contributed by atoms with Gasteiger partial charge >= 0.3 is 6.09 Å². The van der Waals surface area contributed by atoms with Crippen LogP contribution in [-0.2, 0) is 4.74 Å². The monoisotopic (exact) mass is 473 g/mol. The predicted molar refractivity (Wildman–Crippen MR) is 116 cm³/mol. The second-order valence-electron chi connectivity index (χ2n) is 8.44. The molecule has 7 nitrogen and oxygen atoms in total. The highest BCUT2D eigenvalue weighted by molar-refractivity contribution is 7.98. The summed E-state index contributed by atoms with van der Waals surface area (Å²) >= 11 is 13.4. The molecule has 0 aromatic carbocycles. The number of amides is 1. The maximum Gasteiger partial charge on any atom is 0.410 e. The number of carbonyl (C=O) groups excluding carboxylic acids is 1. The summed E-state index contributed by atoms with van der Waals surface area (Å²) in [6.45, 7) is 6.64. The van der Waals surface area contributed by atoms with Crippen molar-refractivity contribution in [3.63, 3.8) is 0 Å². The predicted octanol–water partition coefficient (Wildman–Crippen LogP) is 4.78. The zero-order valence-corrected chi connectivity index (χ0v) is 19.4. The van der Waals surface area contributed by atoms with Gasteiger partial charge in [-0.25, -0.2) is 19.2 Å². The highest BCUT2D eigenvalue weighted by Crippen LogP contribution is 2.39. The average Bonchev–Trinajstić information content (AvgIpc) is 2.93. The number of hydrogen-bond acceptors (Lipinski definition) is 7. The summed E-state index contributed by atoms with van der Waals surface area (Å²) in [7, 11) is 0. The van der Waals surface area contributed by atoms with Crippen LogP contribution in [0.4, 0.5) is 15.0 Å². The van der Waals surface area contributed by atoms with Gasteiger partial charge in [0.15, 0.2) is 11.0 Å². The topological polar surface area (TPSA) is 71.5 Å². The number of halogens is 3. The number of ether oxygens (including phenoxy) is 1. The first-order valence-electron chi connectivity index (χ1n) is 9.61. The Balaban J connectivity index is 1.72. The van der Waals surface area contributed by atoms with E-state index in [-0.39, 0.29) is 34.1 Å². The lowest BCUT2D eigenvalue weighted by Crippen LogP contribution is -2.57. The van der Waals surface area contributed by atoms with Gasteiger partial charge in [0.1, 0.15) is 22.0 Å². The largest absolute Gasteiger partial charge is 0.444 e. The summed E-state index contributed by atoms with van der Waals surface area (Å²) in [5.41, 5.74) is -0.504. The molecule has 0 radical (unpaired) electrons. The van der Waals surface area contributed by atoms with E-state index < -0.39 is 11.4 Å². The van der Waals surface area contributed by atoms with Crippen LogP contribution in [0.3, 0.4) is 0 Å². The minimum absolute atomic E-state index is 0.0229. The Bertz CT molecular complexity index is 1000. The quantitative estimate of drug-likeness (QED) is 0.352. The number of fused-ring (bicyclic) bond motifs is 3. The van der Waals surface area contributed by atoms with Crippen molar-refractivity contribution < 1.29 is 13.9 Å². The van der Waals surface area contributed by atoms with Crippen molar-refractivity contribution in [3.05, 3.63) is 16.3 Å². The molecule has 4 heterocycles. The molecule has 2 fully saturated rings. The highest BCUT2D eigenvalue weighted by atomic mass is 35.5. The molecule has 2 aliphatic heterocycles. The van der Waals surface area contributed by atoms with Crippen molar-refractivity contribution in [2.75, 3.05) is 24.2 Å². The van der Waals surface area contributed by atoms with Crippen LogP contribution in [-0.4, -0.2) is 63.0 Å². The Labute approximate surface area is 188 Å². The lowest BCUT2D eigenvalue weighted by atomic mass is 10.1. The van der Waals surface area contributed by atoms with Gasteiger partial charge < -0.3 is 9.64 Å². The fourth-order valence-electron chi connectivity index (χ4n) is 4.14. The van der Waals surface area contributed by atoms with E-state index in [9.17, 15) is 9.18 Å². The molecule has 2 unspecified atom stereocenters. The minimum atomic E-state index is -0.717. The van der Waals surface area contributed by atoms with Crippen LogP contribution < -0.4 is 4.90 Å². The van der Waals surface area contributed by atoms with Gasteiger partial charge in [0, 0.05) is 13.1 Å². The third kappa shape index (κ3) is 3.87. The molecule has 2 aromatic rings. The van der Waals surface area contributed by atoms with Crippen LogP contribution >= 0.6 is 35.0 Å². The van der Waals surface area contributed by atoms with E-state index >= 15 is 0 Å². The Morgan fingerprint density at radius 3 is 2.37 bits per heavy atom. The fourth-order valence-corrected chi connectivity index (χ4v) is 5.10. The molecular formula is C19H22Cl2FN5O2S. The molecule has 30 heavy (non-hydrogen) atoms. The number of hydrogen-bond donors (Lipinski definition) is 0. The molecule has 0 spiro atoms. The van der Waals surface area contributed by atoms with Crippen LogP contribution in [0.2, 0.25) is 10.4 Å². The number of carbonyl (C=O) groups is 1. The first-order valence-corrected chi connectivity index (χ1v) is 11.6. The number of aromatic nitrogens is 3. The Morgan fingerprint density at radius 1 is 1.17 bits per heavy atom. The standard InChI is InChI=1S/C19H22Cl2FN5O2S/c1-19(2,3)29-18(28)27-9-5-6-10(27)8-26(7-9)15-11-13(23-17(21)25-15)12(22)14(20)24-16(11)30-4/h9-10H,5-8H2,1-4H3. The number of pyridine rings is 1. The van der Waals surface area contributed by atoms with E-state index in [1.54, 1.807) is 0 Å². The normalized spacial score (nSPS) is 21.4. The average molecular weight is 474 g/mol. The molecule has 2 aromatic heterocycles. The number of anilines is 1. The molecule has 2 atom stereocenters. The molecule has 2 bridgehead atoms. The van der Waals surface area contributed by atoms with Crippen LogP contribution in [0.15, 0.2) is 5.03 Å². The number of nitrogens with zero attached hydrogens (tertiary/aromatic N) is 5. The van der Waals surface area contributed by atoms with Gasteiger partial charge in [-0.1, -0.05) is 11.6 Å². The van der Waals surface area contributed by atoms with E-state index in [0.717, 1.165) is 12.8 Å². The summed E-state index contributed by atoms with van der Waals surface area (Å²) < 4.78 is 20.3. The lowest BCUT2D eigenvalue weighted by Gasteiger charge is -2.42. The maximum atomic E-state index is 14.7. The van der Waals surface area contributed by atoms with E-state index in [1.807, 2.05) is 36.8 Å². The van der Waals surface area contributed by atoms with Crippen LogP contribution in [0.5, 0.6) is 0 Å². The van der Waals surface area contributed by atoms with E-state index in [1.165, 1.54) is 11.8 Å². The highest BCUT2D eigenvalue weighted by Gasteiger charge is 2.45. The molecule has 11 heteroatoms. The molecule has 2 saturated heterocycles. The summed E-state index contributed by atoms with van der Waals surface area (Å²) in [5, 5.41) is 0.707. The summed E-state index contributed by atoms with van der Waals surface area (Å²) in [4.78, 5) is 29.2. The second-order valence-corrected chi connectivity index (χ2v) is 9.93. The van der Waals surface area contributed by atoms with Gasteiger partial charge in [-0.2, -0.15) is 4.98 Å². The van der Waals surface area contributed by atoms with Crippen molar-refractivity contribution in [1.29, 1.82) is 0 Å². The van der Waals surface area contributed by atoms with Gasteiger partial charge in [0.2, 0.25) is 5.28 Å². The van der Waals surface area contributed by atoms with Gasteiger partial charge in [0.25, 0.3) is 0 Å². The molecule has 0 aliphatic carbocycles. The van der Waals surface area contributed by atoms with Crippen molar-refractivity contribution in [2.24, 2.45) is 0 Å². The van der Waals surface area contributed by atoms with Crippen molar-refractivity contribution in [1.82, 2.24) is 19.9 Å². The maximum absolute atomic E-state index is 14.7. The molecule has 162 valence electrons. The van der Waals surface area contributed by atoms with Crippen LogP contribution in [0.1, 0.15) is 33.6 Å². The van der Waals surface area contributed by atoms with E-state index in [2.05, 4.69) is 15.0 Å².